The van der Waals surface area contributed by atoms with Crippen molar-refractivity contribution in [2.24, 2.45) is 0 Å². The lowest BCUT2D eigenvalue weighted by molar-refractivity contribution is -0.139. The van der Waals surface area contributed by atoms with E-state index in [-0.39, 0.29) is 16.7 Å². The minimum Gasteiger partial charge on any atom is -0.465 e. The van der Waals surface area contributed by atoms with Gasteiger partial charge in [0.05, 0.1) is 19.8 Å². The quantitative estimate of drug-likeness (QED) is 0.729. The first kappa shape index (κ1) is 20.9. The van der Waals surface area contributed by atoms with Crippen LogP contribution in [0.4, 0.5) is 5.69 Å². The van der Waals surface area contributed by atoms with E-state index in [0.717, 1.165) is 31.6 Å². The van der Waals surface area contributed by atoms with E-state index < -0.39 is 11.9 Å². The maximum absolute atomic E-state index is 12.5. The molecule has 0 amide bonds. The summed E-state index contributed by atoms with van der Waals surface area (Å²) in [7, 11) is 4.74. The monoisotopic (exact) mass is 396 g/mol. The number of anilines is 1. The first-order valence-electron chi connectivity index (χ1n) is 9.74. The zero-order valence-electron chi connectivity index (χ0n) is 17.5. The van der Waals surface area contributed by atoms with Crippen LogP contribution in [0.3, 0.4) is 0 Å². The number of likely N-dealkylation sites (tertiary alicyclic amines) is 1. The normalized spacial score (nSPS) is 19.1. The first-order chi connectivity index (χ1) is 13.9. The highest BCUT2D eigenvalue weighted by atomic mass is 16.5. The van der Waals surface area contributed by atoms with Gasteiger partial charge in [0.2, 0.25) is 0 Å². The third-order valence-corrected chi connectivity index (χ3v) is 5.82. The molecule has 1 saturated heterocycles. The Morgan fingerprint density at radius 3 is 2.17 bits per heavy atom. The van der Waals surface area contributed by atoms with Gasteiger partial charge in [0.1, 0.15) is 5.70 Å². The van der Waals surface area contributed by atoms with Crippen LogP contribution in [-0.2, 0) is 24.5 Å². The third-order valence-electron chi connectivity index (χ3n) is 5.82. The maximum atomic E-state index is 12.5. The van der Waals surface area contributed by atoms with Gasteiger partial charge in [0.25, 0.3) is 0 Å². The molecule has 0 N–H and O–H groups in total. The van der Waals surface area contributed by atoms with E-state index in [1.54, 1.807) is 29.3 Å². The average Bonchev–Trinajstić information content (AvgIpc) is 2.98. The molecule has 1 aromatic carbocycles. The lowest BCUT2D eigenvalue weighted by Gasteiger charge is -2.38. The highest BCUT2D eigenvalue weighted by Gasteiger charge is 2.31. The van der Waals surface area contributed by atoms with E-state index in [1.165, 1.54) is 19.8 Å². The van der Waals surface area contributed by atoms with Crippen LogP contribution in [0.15, 0.2) is 60.0 Å². The minimum atomic E-state index is -0.604. The highest BCUT2D eigenvalue weighted by molar-refractivity contribution is 6.05. The van der Waals surface area contributed by atoms with Gasteiger partial charge in [-0.1, -0.05) is 25.1 Å². The van der Waals surface area contributed by atoms with Crippen molar-refractivity contribution in [2.75, 3.05) is 39.3 Å². The molecule has 0 saturated carbocycles. The number of piperidine rings is 1. The molecule has 0 aliphatic carbocycles. The van der Waals surface area contributed by atoms with Crippen LogP contribution in [0.2, 0.25) is 0 Å². The Labute approximate surface area is 172 Å². The summed E-state index contributed by atoms with van der Waals surface area (Å²) < 4.78 is 9.81. The topological polar surface area (TPSA) is 59.1 Å². The summed E-state index contributed by atoms with van der Waals surface area (Å²) in [6.45, 7) is 4.47. The zero-order chi connectivity index (χ0) is 21.0. The van der Waals surface area contributed by atoms with Crippen LogP contribution in [0.5, 0.6) is 0 Å². The summed E-state index contributed by atoms with van der Waals surface area (Å²) in [6, 6.07) is 8.18. The van der Waals surface area contributed by atoms with Crippen LogP contribution in [0, 0.1) is 0 Å². The van der Waals surface area contributed by atoms with Crippen molar-refractivity contribution in [1.82, 2.24) is 4.90 Å². The van der Waals surface area contributed by atoms with Crippen molar-refractivity contribution in [3.8, 4) is 0 Å². The van der Waals surface area contributed by atoms with Crippen molar-refractivity contribution in [3.05, 3.63) is 65.5 Å². The molecule has 0 aromatic heterocycles. The fraction of sp³-hybridized carbons (Fsp3) is 0.391. The molecule has 2 aliphatic heterocycles. The summed E-state index contributed by atoms with van der Waals surface area (Å²) in [6.07, 6.45) is 8.98. The zero-order valence-corrected chi connectivity index (χ0v) is 17.5. The number of rotatable bonds is 4. The van der Waals surface area contributed by atoms with E-state index in [2.05, 4.69) is 31.0 Å². The number of ether oxygens (including phenoxy) is 2. The second-order valence-electron chi connectivity index (χ2n) is 7.73. The molecule has 29 heavy (non-hydrogen) atoms. The number of allylic oxidation sites excluding steroid dienone is 2. The van der Waals surface area contributed by atoms with Crippen LogP contribution < -0.4 is 4.90 Å². The molecule has 0 bridgehead atoms. The molecule has 6 nitrogen and oxygen atoms in total. The van der Waals surface area contributed by atoms with Gasteiger partial charge < -0.3 is 19.3 Å². The van der Waals surface area contributed by atoms with Crippen LogP contribution >= 0.6 is 0 Å². The van der Waals surface area contributed by atoms with E-state index in [4.69, 9.17) is 9.47 Å². The van der Waals surface area contributed by atoms with Gasteiger partial charge >= 0.3 is 11.9 Å². The van der Waals surface area contributed by atoms with Gasteiger partial charge in [-0.25, -0.2) is 9.59 Å². The molecule has 0 atom stereocenters. The minimum absolute atomic E-state index is 0.127. The Balaban J connectivity index is 1.97. The summed E-state index contributed by atoms with van der Waals surface area (Å²) in [5.41, 5.74) is 2.47. The van der Waals surface area contributed by atoms with Gasteiger partial charge in [0.15, 0.2) is 0 Å². The Hall–Kier alpha value is -2.86. The molecule has 154 valence electrons. The number of hydrogen-bond acceptors (Lipinski definition) is 6. The van der Waals surface area contributed by atoms with E-state index >= 15 is 0 Å². The Morgan fingerprint density at radius 1 is 0.966 bits per heavy atom. The molecule has 2 aliphatic rings. The summed E-state index contributed by atoms with van der Waals surface area (Å²) >= 11 is 0. The van der Waals surface area contributed by atoms with Crippen molar-refractivity contribution in [3.63, 3.8) is 0 Å². The Kier molecular flexibility index (Phi) is 6.23. The molecule has 6 heteroatoms. The molecule has 1 aromatic rings. The second kappa shape index (κ2) is 8.66. The van der Waals surface area contributed by atoms with Crippen LogP contribution in [-0.4, -0.2) is 51.2 Å². The van der Waals surface area contributed by atoms with E-state index in [1.807, 2.05) is 12.1 Å². The number of benzene rings is 1. The van der Waals surface area contributed by atoms with Gasteiger partial charge in [-0.05, 0) is 68.2 Å². The lowest BCUT2D eigenvalue weighted by atomic mass is 9.74. The van der Waals surface area contributed by atoms with Crippen LogP contribution in [0.1, 0.15) is 25.3 Å². The Morgan fingerprint density at radius 2 is 1.59 bits per heavy atom. The number of methoxy groups -OCH3 is 2. The van der Waals surface area contributed by atoms with E-state index in [9.17, 15) is 9.59 Å². The molecule has 1 fully saturated rings. The summed E-state index contributed by atoms with van der Waals surface area (Å²) in [5.74, 6) is -1.20. The average molecular weight is 396 g/mol. The first-order valence-corrected chi connectivity index (χ1v) is 9.74. The molecule has 0 spiro atoms. The molecule has 0 unspecified atom stereocenters. The van der Waals surface area contributed by atoms with Crippen molar-refractivity contribution >= 4 is 17.6 Å². The molecular weight excluding hydrogens is 368 g/mol. The smallest absolute Gasteiger partial charge is 0.355 e. The third kappa shape index (κ3) is 4.27. The predicted molar refractivity (Wildman–Crippen MR) is 112 cm³/mol. The fourth-order valence-electron chi connectivity index (χ4n) is 3.79. The number of esters is 2. The lowest BCUT2D eigenvalue weighted by Crippen LogP contribution is -2.38. The van der Waals surface area contributed by atoms with Crippen LogP contribution in [0.25, 0.3) is 0 Å². The predicted octanol–water partition coefficient (Wildman–Crippen LogP) is 3.16. The van der Waals surface area contributed by atoms with Crippen molar-refractivity contribution in [1.29, 1.82) is 0 Å². The maximum Gasteiger partial charge on any atom is 0.355 e. The van der Waals surface area contributed by atoms with Gasteiger partial charge in [-0.3, -0.25) is 0 Å². The number of carbonyl (C=O) groups is 2. The van der Waals surface area contributed by atoms with Gasteiger partial charge in [-0.15, -0.1) is 0 Å². The van der Waals surface area contributed by atoms with E-state index in [0.29, 0.717) is 0 Å². The second-order valence-corrected chi connectivity index (χ2v) is 7.73. The largest absolute Gasteiger partial charge is 0.465 e. The molecule has 2 heterocycles. The SMILES string of the molecule is COC(=O)C1=C(C(=O)OC)N(c2ccc(C3(C)CCN(C)CC3)cc2)C=CC=C1. The number of nitrogens with zero attached hydrogens (tertiary/aromatic N) is 2. The van der Waals surface area contributed by atoms with Crippen molar-refractivity contribution < 1.29 is 19.1 Å². The Bertz CT molecular complexity index is 859. The van der Waals surface area contributed by atoms with Crippen molar-refractivity contribution in [2.45, 2.75) is 25.2 Å². The van der Waals surface area contributed by atoms with Gasteiger partial charge in [0, 0.05) is 11.9 Å². The van der Waals surface area contributed by atoms with Gasteiger partial charge in [-0.2, -0.15) is 0 Å². The molecular formula is C23H28N2O4. The molecule has 3 rings (SSSR count). The molecule has 0 radical (unpaired) electrons. The summed E-state index contributed by atoms with van der Waals surface area (Å²) in [4.78, 5) is 28.8. The standard InChI is InChI=1S/C23H28N2O4/c1-23(12-15-24(2)16-13-23)17-8-10-18(11-9-17)25-14-6-5-7-19(21(26)28-3)20(25)22(27)29-4/h5-11,14H,12-13,15-16H2,1-4H3. The summed E-state index contributed by atoms with van der Waals surface area (Å²) in [5, 5.41) is 0. The number of hydrogen-bond donors (Lipinski definition) is 0. The fourth-order valence-corrected chi connectivity index (χ4v) is 3.79. The number of carbonyl (C=O) groups excluding carboxylic acids is 2. The highest BCUT2D eigenvalue weighted by Crippen LogP contribution is 2.36.